The molecule has 5 heteroatoms. The number of aliphatic hydroxyl groups is 1. The summed E-state index contributed by atoms with van der Waals surface area (Å²) in [5, 5.41) is 9.94. The summed E-state index contributed by atoms with van der Waals surface area (Å²) >= 11 is 6.24. The average molecular weight is 298 g/mol. The van der Waals surface area contributed by atoms with Gasteiger partial charge >= 0.3 is 0 Å². The number of hydrogen-bond acceptors (Lipinski definition) is 4. The summed E-state index contributed by atoms with van der Waals surface area (Å²) in [6, 6.07) is 3.95. The molecule has 0 unspecified atom stereocenters. The zero-order valence-corrected chi connectivity index (χ0v) is 12.4. The normalized spacial score (nSPS) is 24.6. The van der Waals surface area contributed by atoms with Crippen LogP contribution in [0, 0.1) is 5.92 Å². The van der Waals surface area contributed by atoms with Gasteiger partial charge in [-0.2, -0.15) is 0 Å². The van der Waals surface area contributed by atoms with Crippen molar-refractivity contribution in [3.8, 4) is 11.5 Å². The molecule has 1 aromatic carbocycles. The maximum Gasteiger partial charge on any atom is 0.179 e. The van der Waals surface area contributed by atoms with Crippen LogP contribution in [-0.2, 0) is 6.54 Å². The fraction of sp³-hybridized carbons (Fsp3) is 0.600. The fourth-order valence-electron chi connectivity index (χ4n) is 2.92. The third kappa shape index (κ3) is 3.03. The maximum absolute atomic E-state index is 9.32. The van der Waals surface area contributed by atoms with E-state index in [1.165, 1.54) is 0 Å². The van der Waals surface area contributed by atoms with E-state index < -0.39 is 0 Å². The van der Waals surface area contributed by atoms with Crippen molar-refractivity contribution in [2.75, 3.05) is 26.8 Å². The molecular formula is C15H20ClNO3. The lowest BCUT2D eigenvalue weighted by molar-refractivity contribution is 0.0273. The Morgan fingerprint density at radius 1 is 1.30 bits per heavy atom. The van der Waals surface area contributed by atoms with Crippen molar-refractivity contribution >= 4 is 11.6 Å². The first-order valence-electron chi connectivity index (χ1n) is 7.06. The highest BCUT2D eigenvalue weighted by atomic mass is 35.5. The van der Waals surface area contributed by atoms with Crippen LogP contribution in [0.3, 0.4) is 0 Å². The first-order chi connectivity index (χ1) is 9.61. The number of ether oxygens (including phenoxy) is 2. The van der Waals surface area contributed by atoms with E-state index in [1.807, 2.05) is 12.1 Å². The van der Waals surface area contributed by atoms with Crippen LogP contribution in [0.1, 0.15) is 18.4 Å². The van der Waals surface area contributed by atoms with E-state index in [2.05, 4.69) is 11.9 Å². The molecule has 20 heavy (non-hydrogen) atoms. The van der Waals surface area contributed by atoms with Crippen LogP contribution in [0.15, 0.2) is 12.1 Å². The molecular weight excluding hydrogens is 278 g/mol. The van der Waals surface area contributed by atoms with Gasteiger partial charge in [0.1, 0.15) is 13.2 Å². The van der Waals surface area contributed by atoms with Gasteiger partial charge in [-0.1, -0.05) is 11.6 Å². The minimum absolute atomic E-state index is 0.0860. The van der Waals surface area contributed by atoms with Crippen molar-refractivity contribution in [1.82, 2.24) is 4.90 Å². The Morgan fingerprint density at radius 3 is 2.80 bits per heavy atom. The first-order valence-corrected chi connectivity index (χ1v) is 7.44. The van der Waals surface area contributed by atoms with Gasteiger partial charge in [0.2, 0.25) is 0 Å². The molecule has 0 radical (unpaired) electrons. The number of hydrogen-bond donors (Lipinski definition) is 1. The quantitative estimate of drug-likeness (QED) is 0.926. The lowest BCUT2D eigenvalue weighted by Gasteiger charge is -2.34. The van der Waals surface area contributed by atoms with Crippen molar-refractivity contribution in [3.05, 3.63) is 22.7 Å². The zero-order chi connectivity index (χ0) is 14.1. The highest BCUT2D eigenvalue weighted by Crippen LogP contribution is 2.38. The second-order valence-electron chi connectivity index (χ2n) is 5.79. The number of fused-ring (bicyclic) bond motifs is 1. The van der Waals surface area contributed by atoms with E-state index in [4.69, 9.17) is 21.1 Å². The molecule has 0 bridgehead atoms. The second-order valence-corrected chi connectivity index (χ2v) is 6.20. The van der Waals surface area contributed by atoms with Crippen molar-refractivity contribution in [3.63, 3.8) is 0 Å². The van der Waals surface area contributed by atoms with Crippen LogP contribution in [0.4, 0.5) is 0 Å². The average Bonchev–Trinajstić information content (AvgIpc) is 2.37. The topological polar surface area (TPSA) is 41.9 Å². The Labute approximate surface area is 124 Å². The largest absolute Gasteiger partial charge is 0.486 e. The molecule has 0 aromatic heterocycles. The second kappa shape index (κ2) is 5.80. The van der Waals surface area contributed by atoms with E-state index >= 15 is 0 Å². The zero-order valence-electron chi connectivity index (χ0n) is 11.6. The number of nitrogens with zero attached hydrogens (tertiary/aromatic N) is 1. The number of aliphatic hydroxyl groups excluding tert-OH is 1. The Morgan fingerprint density at radius 2 is 2.05 bits per heavy atom. The lowest BCUT2D eigenvalue weighted by atomic mass is 9.82. The van der Waals surface area contributed by atoms with E-state index in [9.17, 15) is 5.11 Å². The summed E-state index contributed by atoms with van der Waals surface area (Å²) in [6.45, 7) is 2.95. The molecule has 1 N–H and O–H groups in total. The monoisotopic (exact) mass is 297 g/mol. The van der Waals surface area contributed by atoms with Crippen molar-refractivity contribution in [1.29, 1.82) is 0 Å². The predicted molar refractivity (Wildman–Crippen MR) is 77.5 cm³/mol. The van der Waals surface area contributed by atoms with Crippen LogP contribution in [0.25, 0.3) is 0 Å². The van der Waals surface area contributed by atoms with Crippen LogP contribution >= 0.6 is 11.6 Å². The molecule has 1 aromatic rings. The lowest BCUT2D eigenvalue weighted by Crippen LogP contribution is -2.36. The first kappa shape index (κ1) is 14.0. The Kier molecular flexibility index (Phi) is 4.06. The van der Waals surface area contributed by atoms with Crippen molar-refractivity contribution in [2.24, 2.45) is 5.92 Å². The highest BCUT2D eigenvalue weighted by Gasteiger charge is 2.28. The van der Waals surface area contributed by atoms with E-state index in [0.717, 1.165) is 37.2 Å². The molecule has 3 rings (SSSR count). The third-order valence-corrected chi connectivity index (χ3v) is 4.17. The highest BCUT2D eigenvalue weighted by molar-refractivity contribution is 6.32. The minimum Gasteiger partial charge on any atom is -0.486 e. The fourth-order valence-corrected chi connectivity index (χ4v) is 3.21. The summed E-state index contributed by atoms with van der Waals surface area (Å²) in [5.74, 6) is 2.01. The Balaban J connectivity index is 1.63. The van der Waals surface area contributed by atoms with Gasteiger partial charge in [0, 0.05) is 13.1 Å². The van der Waals surface area contributed by atoms with Crippen LogP contribution in [0.2, 0.25) is 5.02 Å². The summed E-state index contributed by atoms with van der Waals surface area (Å²) in [6.07, 6.45) is 1.76. The van der Waals surface area contributed by atoms with Crippen molar-refractivity contribution < 1.29 is 14.6 Å². The molecule has 1 aliphatic carbocycles. The number of benzene rings is 1. The minimum atomic E-state index is -0.0860. The molecule has 0 atom stereocenters. The van der Waals surface area contributed by atoms with E-state index in [0.29, 0.717) is 29.9 Å². The van der Waals surface area contributed by atoms with Gasteiger partial charge in [0.25, 0.3) is 0 Å². The predicted octanol–water partition coefficient (Wildman–Crippen LogP) is 2.31. The molecule has 4 nitrogen and oxygen atoms in total. The van der Waals surface area contributed by atoms with Gasteiger partial charge < -0.3 is 19.5 Å². The number of rotatable bonds is 4. The summed E-state index contributed by atoms with van der Waals surface area (Å²) < 4.78 is 11.1. The SMILES string of the molecule is CN(Cc1cc(Cl)c2c(c1)OCCO2)CC1CC(O)C1. The summed E-state index contributed by atoms with van der Waals surface area (Å²) in [4.78, 5) is 2.26. The standard InChI is InChI=1S/C15H20ClNO3/c1-17(8-10-4-12(18)5-10)9-11-6-13(16)15-14(7-11)19-2-3-20-15/h6-7,10,12,18H,2-5,8-9H2,1H3. The number of halogens is 1. The molecule has 0 amide bonds. The molecule has 0 spiro atoms. The molecule has 2 aliphatic rings. The Bertz CT molecular complexity index is 488. The molecule has 1 fully saturated rings. The maximum atomic E-state index is 9.32. The van der Waals surface area contributed by atoms with Gasteiger partial charge in [0.15, 0.2) is 11.5 Å². The van der Waals surface area contributed by atoms with Crippen LogP contribution in [0.5, 0.6) is 11.5 Å². The third-order valence-electron chi connectivity index (χ3n) is 3.89. The van der Waals surface area contributed by atoms with E-state index in [-0.39, 0.29) is 6.10 Å². The van der Waals surface area contributed by atoms with Gasteiger partial charge in [-0.05, 0) is 43.5 Å². The van der Waals surface area contributed by atoms with Gasteiger partial charge in [-0.3, -0.25) is 0 Å². The molecule has 1 heterocycles. The van der Waals surface area contributed by atoms with E-state index in [1.54, 1.807) is 0 Å². The van der Waals surface area contributed by atoms with Gasteiger partial charge in [0.05, 0.1) is 11.1 Å². The van der Waals surface area contributed by atoms with Crippen LogP contribution < -0.4 is 9.47 Å². The molecule has 1 saturated carbocycles. The summed E-state index contributed by atoms with van der Waals surface area (Å²) in [5.41, 5.74) is 1.13. The smallest absolute Gasteiger partial charge is 0.179 e. The summed E-state index contributed by atoms with van der Waals surface area (Å²) in [7, 11) is 2.09. The Hall–Kier alpha value is -0.970. The molecule has 110 valence electrons. The van der Waals surface area contributed by atoms with Crippen LogP contribution in [-0.4, -0.2) is 42.9 Å². The van der Waals surface area contributed by atoms with Gasteiger partial charge in [-0.15, -0.1) is 0 Å². The molecule has 1 aliphatic heterocycles. The molecule has 0 saturated heterocycles. The van der Waals surface area contributed by atoms with Gasteiger partial charge in [-0.25, -0.2) is 0 Å². The van der Waals surface area contributed by atoms with Crippen molar-refractivity contribution in [2.45, 2.75) is 25.5 Å².